The Labute approximate surface area is 176 Å². The summed E-state index contributed by atoms with van der Waals surface area (Å²) in [6.07, 6.45) is 4.14. The molecule has 0 aliphatic carbocycles. The number of carbonyl (C=O) groups excluding carboxylic acids is 1. The van der Waals surface area contributed by atoms with Gasteiger partial charge in [0.15, 0.2) is 5.82 Å². The van der Waals surface area contributed by atoms with E-state index in [2.05, 4.69) is 10.3 Å². The molecule has 8 nitrogen and oxygen atoms in total. The van der Waals surface area contributed by atoms with E-state index in [4.69, 9.17) is 20.9 Å². The average molecular weight is 412 g/mol. The predicted molar refractivity (Wildman–Crippen MR) is 120 cm³/mol. The number of nitrogens with zero attached hydrogens (tertiary/aromatic N) is 2. The van der Waals surface area contributed by atoms with E-state index in [-0.39, 0.29) is 5.82 Å². The average Bonchev–Trinajstić information content (AvgIpc) is 2.67. The lowest BCUT2D eigenvalue weighted by Gasteiger charge is -2.27. The van der Waals surface area contributed by atoms with E-state index in [0.29, 0.717) is 43.4 Å². The highest BCUT2D eigenvalue weighted by atomic mass is 16.6. The molecule has 0 saturated heterocycles. The topological polar surface area (TPSA) is 116 Å². The summed E-state index contributed by atoms with van der Waals surface area (Å²) in [7, 11) is 0. The summed E-state index contributed by atoms with van der Waals surface area (Å²) in [5.74, 6) is 0.635. The minimum absolute atomic E-state index is 0.222. The van der Waals surface area contributed by atoms with Crippen LogP contribution in [0.3, 0.4) is 0 Å². The van der Waals surface area contributed by atoms with Gasteiger partial charge >= 0.3 is 6.09 Å². The van der Waals surface area contributed by atoms with Crippen LogP contribution in [0.5, 0.6) is 5.88 Å². The Morgan fingerprint density at radius 3 is 2.80 bits per heavy atom. The van der Waals surface area contributed by atoms with E-state index in [9.17, 15) is 4.79 Å². The molecule has 1 amide bonds. The molecule has 1 aliphatic rings. The number of ether oxygens (including phenoxy) is 2. The van der Waals surface area contributed by atoms with Crippen molar-refractivity contribution >= 4 is 29.0 Å². The fourth-order valence-corrected chi connectivity index (χ4v) is 2.93. The van der Waals surface area contributed by atoms with Crippen LogP contribution < -0.4 is 26.4 Å². The van der Waals surface area contributed by atoms with E-state index in [1.807, 2.05) is 57.2 Å². The lowest BCUT2D eigenvalue weighted by Crippen LogP contribution is -2.37. The first-order chi connectivity index (χ1) is 14.2. The first kappa shape index (κ1) is 21.3. The molecule has 3 rings (SSSR count). The first-order valence-corrected chi connectivity index (χ1v) is 9.90. The molecule has 1 aromatic carbocycles. The van der Waals surface area contributed by atoms with Gasteiger partial charge in [0.2, 0.25) is 5.88 Å². The summed E-state index contributed by atoms with van der Waals surface area (Å²) in [6, 6.07) is 9.45. The number of nitrogens with one attached hydrogen (secondary N) is 1. The molecule has 0 radical (unpaired) electrons. The summed E-state index contributed by atoms with van der Waals surface area (Å²) >= 11 is 0. The minimum Gasteiger partial charge on any atom is -0.477 e. The molecule has 4 bridgehead atoms. The number of carbonyl (C=O) groups is 1. The fraction of sp³-hybridized carbons (Fsp3) is 0.364. The third-order valence-corrected chi connectivity index (χ3v) is 4.37. The van der Waals surface area contributed by atoms with Crippen LogP contribution in [0.2, 0.25) is 0 Å². The Hall–Kier alpha value is -3.42. The van der Waals surface area contributed by atoms with Gasteiger partial charge in [0.05, 0.1) is 18.0 Å². The van der Waals surface area contributed by atoms with E-state index < -0.39 is 11.7 Å². The van der Waals surface area contributed by atoms with Gasteiger partial charge in [-0.15, -0.1) is 0 Å². The normalized spacial score (nSPS) is 15.8. The van der Waals surface area contributed by atoms with Crippen molar-refractivity contribution < 1.29 is 14.3 Å². The molecule has 1 aromatic heterocycles. The molecule has 8 heteroatoms. The van der Waals surface area contributed by atoms with Gasteiger partial charge in [-0.05, 0) is 44.9 Å². The van der Waals surface area contributed by atoms with E-state index in [1.165, 1.54) is 0 Å². The van der Waals surface area contributed by atoms with Crippen molar-refractivity contribution in [1.82, 2.24) is 4.98 Å². The molecule has 2 heterocycles. The lowest BCUT2D eigenvalue weighted by atomic mass is 10.1. The SMILES string of the molecule is CC(C)(C)OC(=O)N1C/C=C\CCOc2cc(c(N)c(N)n2)NCc2cccc1c2. The van der Waals surface area contributed by atoms with Crippen LogP contribution in [0.25, 0.3) is 0 Å². The molecular weight excluding hydrogens is 382 g/mol. The van der Waals surface area contributed by atoms with E-state index in [1.54, 1.807) is 11.0 Å². The smallest absolute Gasteiger partial charge is 0.415 e. The Morgan fingerprint density at radius 2 is 2.03 bits per heavy atom. The van der Waals surface area contributed by atoms with Crippen molar-refractivity contribution in [3.8, 4) is 5.88 Å². The first-order valence-electron chi connectivity index (χ1n) is 9.90. The van der Waals surface area contributed by atoms with Gasteiger partial charge in [0.1, 0.15) is 5.60 Å². The molecule has 0 unspecified atom stereocenters. The lowest BCUT2D eigenvalue weighted by molar-refractivity contribution is 0.0584. The number of pyridine rings is 1. The maximum atomic E-state index is 12.8. The molecule has 160 valence electrons. The van der Waals surface area contributed by atoms with Gasteiger partial charge in [0, 0.05) is 24.8 Å². The summed E-state index contributed by atoms with van der Waals surface area (Å²) in [6.45, 7) is 6.85. The van der Waals surface area contributed by atoms with Crippen LogP contribution in [0.4, 0.5) is 27.7 Å². The zero-order valence-electron chi connectivity index (χ0n) is 17.6. The zero-order valence-corrected chi connectivity index (χ0v) is 17.6. The molecule has 1 aliphatic heterocycles. The summed E-state index contributed by atoms with van der Waals surface area (Å²) in [5.41, 5.74) is 14.2. The highest BCUT2D eigenvalue weighted by molar-refractivity contribution is 5.88. The van der Waals surface area contributed by atoms with Crippen molar-refractivity contribution in [2.24, 2.45) is 0 Å². The standard InChI is InChI=1S/C22H29N5O3/c1-22(2,3)30-21(28)27-10-5-4-6-11-29-18-13-17(19(23)20(24)26-18)25-14-15-8-7-9-16(27)12-15/h4-5,7-9,12-13,25H,6,10-11,14,23H2,1-3H3,(H2,24,26)/b5-4-. The van der Waals surface area contributed by atoms with Crippen molar-refractivity contribution in [2.45, 2.75) is 39.3 Å². The van der Waals surface area contributed by atoms with Gasteiger partial charge in [0.25, 0.3) is 0 Å². The number of benzene rings is 1. The Kier molecular flexibility index (Phi) is 6.34. The number of hydrogen-bond donors (Lipinski definition) is 3. The molecule has 30 heavy (non-hydrogen) atoms. The number of nitrogen functional groups attached to an aromatic ring is 2. The maximum absolute atomic E-state index is 12.8. The van der Waals surface area contributed by atoms with Crippen molar-refractivity contribution in [3.63, 3.8) is 0 Å². The second-order valence-corrected chi connectivity index (χ2v) is 8.03. The number of amides is 1. The molecule has 5 N–H and O–H groups in total. The second kappa shape index (κ2) is 8.94. The summed E-state index contributed by atoms with van der Waals surface area (Å²) in [4.78, 5) is 18.6. The van der Waals surface area contributed by atoms with Gasteiger partial charge in [-0.3, -0.25) is 4.90 Å². The van der Waals surface area contributed by atoms with Crippen LogP contribution in [0, 0.1) is 0 Å². The van der Waals surface area contributed by atoms with Crippen LogP contribution >= 0.6 is 0 Å². The van der Waals surface area contributed by atoms with E-state index in [0.717, 1.165) is 11.3 Å². The number of hydrogen-bond acceptors (Lipinski definition) is 7. The Morgan fingerprint density at radius 1 is 1.23 bits per heavy atom. The quantitative estimate of drug-likeness (QED) is 0.562. The highest BCUT2D eigenvalue weighted by Gasteiger charge is 2.23. The third kappa shape index (κ3) is 5.56. The second-order valence-electron chi connectivity index (χ2n) is 8.03. The van der Waals surface area contributed by atoms with E-state index >= 15 is 0 Å². The van der Waals surface area contributed by atoms with Crippen LogP contribution in [0.1, 0.15) is 32.8 Å². The Balaban J connectivity index is 1.92. The molecule has 0 fully saturated rings. The zero-order chi connectivity index (χ0) is 21.7. The molecular formula is C22H29N5O3. The largest absolute Gasteiger partial charge is 0.477 e. The monoisotopic (exact) mass is 411 g/mol. The maximum Gasteiger partial charge on any atom is 0.415 e. The Bertz CT molecular complexity index is 937. The highest BCUT2D eigenvalue weighted by Crippen LogP contribution is 2.29. The van der Waals surface area contributed by atoms with Crippen LogP contribution in [0.15, 0.2) is 42.5 Å². The van der Waals surface area contributed by atoms with Gasteiger partial charge in [-0.2, -0.15) is 4.98 Å². The number of rotatable bonds is 0. The fourth-order valence-electron chi connectivity index (χ4n) is 2.93. The predicted octanol–water partition coefficient (Wildman–Crippen LogP) is 3.94. The molecule has 0 saturated carbocycles. The number of nitrogens with two attached hydrogens (primary N) is 2. The van der Waals surface area contributed by atoms with Crippen molar-refractivity contribution in [1.29, 1.82) is 0 Å². The number of anilines is 4. The number of fused-ring (bicyclic) bond motifs is 4. The van der Waals surface area contributed by atoms with Crippen molar-refractivity contribution in [2.75, 3.05) is 34.8 Å². The van der Waals surface area contributed by atoms with Crippen LogP contribution in [-0.4, -0.2) is 29.8 Å². The minimum atomic E-state index is -0.584. The summed E-state index contributed by atoms with van der Waals surface area (Å²) in [5, 5.41) is 3.28. The van der Waals surface area contributed by atoms with Gasteiger partial charge < -0.3 is 26.3 Å². The third-order valence-electron chi connectivity index (χ3n) is 4.37. The number of aromatic nitrogens is 1. The molecule has 0 atom stereocenters. The van der Waals surface area contributed by atoms with Crippen molar-refractivity contribution in [3.05, 3.63) is 48.0 Å². The molecule has 0 spiro atoms. The van der Waals surface area contributed by atoms with Gasteiger partial charge in [-0.25, -0.2) is 4.79 Å². The summed E-state index contributed by atoms with van der Waals surface area (Å²) < 4.78 is 11.3. The van der Waals surface area contributed by atoms with Crippen LogP contribution in [-0.2, 0) is 11.3 Å². The molecule has 2 aromatic rings. The van der Waals surface area contributed by atoms with Gasteiger partial charge in [-0.1, -0.05) is 24.3 Å².